The molecule has 6 aromatic rings. The number of imidazole rings is 1. The van der Waals surface area contributed by atoms with Gasteiger partial charge in [0.25, 0.3) is 5.91 Å². The second-order valence-corrected chi connectivity index (χ2v) is 14.5. The van der Waals surface area contributed by atoms with E-state index in [0.29, 0.717) is 40.1 Å². The molecule has 2 aliphatic heterocycles. The highest BCUT2D eigenvalue weighted by molar-refractivity contribution is 7.96. The topological polar surface area (TPSA) is 103 Å². The van der Waals surface area contributed by atoms with E-state index in [1.165, 1.54) is 24.3 Å². The van der Waals surface area contributed by atoms with Crippen molar-refractivity contribution in [2.24, 2.45) is 0 Å². The number of halogens is 3. The van der Waals surface area contributed by atoms with Crippen molar-refractivity contribution >= 4 is 46.5 Å². The van der Waals surface area contributed by atoms with Crippen LogP contribution in [0.4, 0.5) is 36.2 Å². The van der Waals surface area contributed by atoms with Crippen LogP contribution in [0.1, 0.15) is 23.2 Å². The number of nitrogens with one attached hydrogen (secondary N) is 2. The van der Waals surface area contributed by atoms with Gasteiger partial charge in [0.15, 0.2) is 11.5 Å². The minimum absolute atomic E-state index is 0.0494. The molecule has 0 bridgehead atoms. The number of piperazine rings is 1. The zero-order valence-electron chi connectivity index (χ0n) is 30.9. The van der Waals surface area contributed by atoms with Gasteiger partial charge in [0.2, 0.25) is 5.95 Å². The summed E-state index contributed by atoms with van der Waals surface area (Å²) in [6.45, 7) is 6.38. The van der Waals surface area contributed by atoms with E-state index in [9.17, 15) is 13.6 Å². The van der Waals surface area contributed by atoms with Gasteiger partial charge in [0, 0.05) is 80.6 Å². The first-order valence-corrected chi connectivity index (χ1v) is 19.6. The number of carbonyl (C=O) groups excluding carboxylic acids is 1. The predicted molar refractivity (Wildman–Crippen MR) is 214 cm³/mol. The Hall–Kier alpha value is -5.64. The third-order valence-corrected chi connectivity index (χ3v) is 11.3. The molecule has 56 heavy (non-hydrogen) atoms. The lowest BCUT2D eigenvalue weighted by Gasteiger charge is -2.42. The van der Waals surface area contributed by atoms with Crippen LogP contribution in [-0.4, -0.2) is 93.1 Å². The number of methoxy groups -OCH3 is 1. The van der Waals surface area contributed by atoms with Gasteiger partial charge in [-0.15, -0.1) is 0 Å². The van der Waals surface area contributed by atoms with E-state index >= 15 is 4.39 Å². The van der Waals surface area contributed by atoms with E-state index in [4.69, 9.17) is 9.72 Å². The molecule has 0 unspecified atom stereocenters. The van der Waals surface area contributed by atoms with E-state index in [2.05, 4.69) is 47.0 Å². The quantitative estimate of drug-likeness (QED) is 0.134. The summed E-state index contributed by atoms with van der Waals surface area (Å²) >= 11 is 1.83. The minimum Gasteiger partial charge on any atom is -0.494 e. The molecule has 3 aromatic carbocycles. The average molecular weight is 780 g/mol. The summed E-state index contributed by atoms with van der Waals surface area (Å²) in [5.41, 5.74) is 3.02. The number of piperidine rings is 1. The van der Waals surface area contributed by atoms with Gasteiger partial charge in [-0.25, -0.2) is 32.4 Å². The Kier molecular flexibility index (Phi) is 10.8. The van der Waals surface area contributed by atoms with E-state index < -0.39 is 29.0 Å². The second kappa shape index (κ2) is 16.2. The Morgan fingerprint density at radius 1 is 0.857 bits per heavy atom. The highest BCUT2D eigenvalue weighted by Crippen LogP contribution is 2.36. The Morgan fingerprint density at radius 2 is 1.61 bits per heavy atom. The van der Waals surface area contributed by atoms with Crippen LogP contribution in [0.25, 0.3) is 28.3 Å². The molecule has 0 spiro atoms. The number of benzene rings is 3. The highest BCUT2D eigenvalue weighted by atomic mass is 32.2. The third kappa shape index (κ3) is 7.61. The molecular formula is C41H40F3N9O2S. The number of aromatic nitrogens is 4. The van der Waals surface area contributed by atoms with Crippen molar-refractivity contribution in [2.45, 2.75) is 18.9 Å². The molecular weight excluding hydrogens is 740 g/mol. The van der Waals surface area contributed by atoms with Crippen molar-refractivity contribution in [1.29, 1.82) is 0 Å². The normalized spacial score (nSPS) is 15.6. The molecule has 0 aliphatic carbocycles. The minimum atomic E-state index is -0.902. The number of carbonyl (C=O) groups is 1. The maximum Gasteiger partial charge on any atom is 0.255 e. The number of rotatable bonds is 10. The number of para-hydroxylation sites is 1. The van der Waals surface area contributed by atoms with Crippen LogP contribution in [0, 0.1) is 17.5 Å². The number of pyridine rings is 1. The number of hydrogen-bond acceptors (Lipinski definition) is 10. The van der Waals surface area contributed by atoms with Crippen LogP contribution in [0.3, 0.4) is 0 Å². The lowest BCUT2D eigenvalue weighted by Crippen LogP contribution is -2.51. The standard InChI is InChI=1S/C41H40F3N9O2S/c1-55-35-25-29(50-18-14-28(15-19-50)51-20-22-52(56-2)23-21-51)11-12-33(35)46-41-45-16-13-34(47-41)38-36(48-39-32(44)10-5-17-53(38)39)26-6-3-7-27(24-26)40(54)49-37-30(42)8-4-9-31(37)43/h3-13,16-17,24-25,28H,14-15,18-23H2,1-2H3,(H,49,54)(H,45,46,47). The lowest BCUT2D eigenvalue weighted by atomic mass is 10.0. The number of nitrogens with zero attached hydrogens (tertiary/aromatic N) is 7. The van der Waals surface area contributed by atoms with Crippen LogP contribution in [0.15, 0.2) is 91.3 Å². The fourth-order valence-corrected chi connectivity index (χ4v) is 8.01. The molecule has 2 N–H and O–H groups in total. The van der Waals surface area contributed by atoms with Crippen molar-refractivity contribution in [3.05, 3.63) is 114 Å². The van der Waals surface area contributed by atoms with E-state index in [1.54, 1.807) is 48.2 Å². The van der Waals surface area contributed by atoms with Crippen molar-refractivity contribution in [3.8, 4) is 28.4 Å². The Morgan fingerprint density at radius 3 is 2.36 bits per heavy atom. The van der Waals surface area contributed by atoms with Crippen molar-refractivity contribution < 1.29 is 22.7 Å². The van der Waals surface area contributed by atoms with Crippen LogP contribution in [0.2, 0.25) is 0 Å². The zero-order chi connectivity index (χ0) is 38.8. The number of anilines is 4. The lowest BCUT2D eigenvalue weighted by molar-refractivity contribution is 0.102. The van der Waals surface area contributed by atoms with E-state index in [-0.39, 0.29) is 17.2 Å². The van der Waals surface area contributed by atoms with Crippen molar-refractivity contribution in [1.82, 2.24) is 28.6 Å². The fraction of sp³-hybridized carbons (Fsp3) is 0.268. The van der Waals surface area contributed by atoms with Gasteiger partial charge in [-0.1, -0.05) is 30.1 Å². The number of amides is 1. The fourth-order valence-electron chi connectivity index (χ4n) is 7.48. The van der Waals surface area contributed by atoms with Gasteiger partial charge in [-0.2, -0.15) is 0 Å². The van der Waals surface area contributed by atoms with Crippen molar-refractivity contribution in [2.75, 3.05) is 68.2 Å². The van der Waals surface area contributed by atoms with Crippen LogP contribution >= 0.6 is 11.9 Å². The first-order valence-electron chi connectivity index (χ1n) is 18.4. The van der Waals surface area contributed by atoms with E-state index in [0.717, 1.165) is 69.9 Å². The predicted octanol–water partition coefficient (Wildman–Crippen LogP) is 7.74. The number of ether oxygens (including phenoxy) is 1. The zero-order valence-corrected chi connectivity index (χ0v) is 31.7. The summed E-state index contributed by atoms with van der Waals surface area (Å²) in [7, 11) is 1.63. The highest BCUT2D eigenvalue weighted by Gasteiger charge is 2.28. The summed E-state index contributed by atoms with van der Waals surface area (Å²) < 4.78 is 53.7. The first-order chi connectivity index (χ1) is 27.3. The average Bonchev–Trinajstić information content (AvgIpc) is 3.64. The molecule has 8 rings (SSSR count). The molecule has 0 radical (unpaired) electrons. The molecule has 2 fully saturated rings. The smallest absolute Gasteiger partial charge is 0.255 e. The van der Waals surface area contributed by atoms with Gasteiger partial charge in [0.1, 0.15) is 23.1 Å². The van der Waals surface area contributed by atoms with Crippen LogP contribution in [0.5, 0.6) is 5.75 Å². The summed E-state index contributed by atoms with van der Waals surface area (Å²) in [6, 6.07) is 20.9. The maximum absolute atomic E-state index is 15.2. The van der Waals surface area contributed by atoms with Gasteiger partial charge < -0.3 is 20.3 Å². The van der Waals surface area contributed by atoms with Crippen LogP contribution in [-0.2, 0) is 0 Å². The molecule has 1 amide bonds. The van der Waals surface area contributed by atoms with Crippen LogP contribution < -0.4 is 20.3 Å². The molecule has 2 saturated heterocycles. The Labute approximate surface area is 326 Å². The number of hydrogen-bond donors (Lipinski definition) is 2. The molecule has 5 heterocycles. The SMILES string of the molecule is COc1cc(N2CCC(N3CCN(SC)CC3)CC2)ccc1Nc1nccc(-c2c(-c3cccc(C(=O)Nc4c(F)cccc4F)c3)nc3c(F)cccn23)n1. The van der Waals surface area contributed by atoms with Gasteiger partial charge in [-0.05, 0) is 73.7 Å². The molecule has 3 aromatic heterocycles. The van der Waals surface area contributed by atoms with Gasteiger partial charge >= 0.3 is 0 Å². The maximum atomic E-state index is 15.2. The first kappa shape index (κ1) is 37.3. The second-order valence-electron chi connectivity index (χ2n) is 13.6. The van der Waals surface area contributed by atoms with E-state index in [1.807, 2.05) is 24.1 Å². The monoisotopic (exact) mass is 779 g/mol. The van der Waals surface area contributed by atoms with Crippen molar-refractivity contribution in [3.63, 3.8) is 0 Å². The largest absolute Gasteiger partial charge is 0.494 e. The summed E-state index contributed by atoms with van der Waals surface area (Å²) in [5, 5.41) is 5.61. The Balaban J connectivity index is 1.04. The third-order valence-electron chi connectivity index (χ3n) is 10.4. The molecule has 0 atom stereocenters. The molecule has 288 valence electrons. The molecule has 11 nitrogen and oxygen atoms in total. The Bertz CT molecular complexity index is 2360. The molecule has 2 aliphatic rings. The summed E-state index contributed by atoms with van der Waals surface area (Å²) in [5.74, 6) is -2.19. The molecule has 15 heteroatoms. The molecule has 0 saturated carbocycles. The summed E-state index contributed by atoms with van der Waals surface area (Å²) in [4.78, 5) is 32.1. The van der Waals surface area contributed by atoms with Gasteiger partial charge in [-0.3, -0.25) is 14.1 Å². The number of fused-ring (bicyclic) bond motifs is 1. The van der Waals surface area contributed by atoms with Gasteiger partial charge in [0.05, 0.1) is 29.9 Å². The summed E-state index contributed by atoms with van der Waals surface area (Å²) in [6.07, 6.45) is 7.64.